The fourth-order valence-corrected chi connectivity index (χ4v) is 1.82. The summed E-state index contributed by atoms with van der Waals surface area (Å²) in [5.74, 6) is -1.08. The lowest BCUT2D eigenvalue weighted by Crippen LogP contribution is -1.91. The number of thioether (sulfide) groups is 1. The Hall–Kier alpha value is -1.56. The third-order valence-electron chi connectivity index (χ3n) is 2.13. The molecule has 0 saturated heterocycles. The van der Waals surface area contributed by atoms with Crippen molar-refractivity contribution in [2.45, 2.75) is 4.90 Å². The quantitative estimate of drug-likeness (QED) is 0.822. The van der Waals surface area contributed by atoms with Crippen molar-refractivity contribution >= 4 is 17.6 Å². The molecule has 1 aromatic heterocycles. The lowest BCUT2D eigenvalue weighted by molar-refractivity contribution is 0.436. The first-order valence-electron chi connectivity index (χ1n) is 4.37. The highest BCUT2D eigenvalue weighted by Crippen LogP contribution is 2.32. The maximum Gasteiger partial charge on any atom is 0.230 e. The van der Waals surface area contributed by atoms with Gasteiger partial charge >= 0.3 is 0 Å². The van der Waals surface area contributed by atoms with E-state index in [2.05, 4.69) is 9.68 Å². The SMILES string of the molecule is CSc1cc(F)c(-c2cnoc2N)cc1F. The molecule has 0 atom stereocenters. The molecule has 0 aliphatic rings. The Labute approximate surface area is 94.6 Å². The normalized spacial score (nSPS) is 10.7. The lowest BCUT2D eigenvalue weighted by Gasteiger charge is -2.04. The van der Waals surface area contributed by atoms with Gasteiger partial charge in [0.1, 0.15) is 11.6 Å². The summed E-state index contributed by atoms with van der Waals surface area (Å²) in [6.45, 7) is 0. The Morgan fingerprint density at radius 2 is 2.00 bits per heavy atom. The van der Waals surface area contributed by atoms with Gasteiger partial charge < -0.3 is 10.3 Å². The van der Waals surface area contributed by atoms with Crippen molar-refractivity contribution in [1.82, 2.24) is 5.16 Å². The molecule has 6 heteroatoms. The molecular formula is C10H8F2N2OS. The number of rotatable bonds is 2. The monoisotopic (exact) mass is 242 g/mol. The molecule has 1 aromatic carbocycles. The fourth-order valence-electron chi connectivity index (χ4n) is 1.34. The highest BCUT2D eigenvalue weighted by atomic mass is 32.2. The molecular weight excluding hydrogens is 234 g/mol. The number of aromatic nitrogens is 1. The zero-order valence-electron chi connectivity index (χ0n) is 8.33. The first kappa shape index (κ1) is 10.9. The summed E-state index contributed by atoms with van der Waals surface area (Å²) in [7, 11) is 0. The van der Waals surface area contributed by atoms with E-state index >= 15 is 0 Å². The van der Waals surface area contributed by atoms with Crippen LogP contribution in [0, 0.1) is 11.6 Å². The zero-order chi connectivity index (χ0) is 11.7. The van der Waals surface area contributed by atoms with E-state index < -0.39 is 11.6 Å². The number of nitrogens with two attached hydrogens (primary N) is 1. The van der Waals surface area contributed by atoms with Crippen LogP contribution in [0.1, 0.15) is 0 Å². The number of halogens is 2. The van der Waals surface area contributed by atoms with Gasteiger partial charge in [-0.3, -0.25) is 0 Å². The maximum atomic E-state index is 13.7. The van der Waals surface area contributed by atoms with E-state index in [1.165, 1.54) is 6.20 Å². The molecule has 1 heterocycles. The Morgan fingerprint density at radius 3 is 2.56 bits per heavy atom. The number of benzene rings is 1. The fraction of sp³-hybridized carbons (Fsp3) is 0.100. The van der Waals surface area contributed by atoms with Gasteiger partial charge in [0.2, 0.25) is 5.88 Å². The Morgan fingerprint density at radius 1 is 1.25 bits per heavy atom. The second-order valence-electron chi connectivity index (χ2n) is 3.07. The number of nitrogen functional groups attached to an aromatic ring is 1. The van der Waals surface area contributed by atoms with E-state index in [-0.39, 0.29) is 21.9 Å². The van der Waals surface area contributed by atoms with Crippen LogP contribution >= 0.6 is 11.8 Å². The third-order valence-corrected chi connectivity index (χ3v) is 2.88. The first-order valence-corrected chi connectivity index (χ1v) is 5.59. The minimum absolute atomic E-state index is 0.0322. The van der Waals surface area contributed by atoms with Crippen LogP contribution in [0.4, 0.5) is 14.7 Å². The van der Waals surface area contributed by atoms with Crippen LogP contribution in [0.25, 0.3) is 11.1 Å². The molecule has 0 saturated carbocycles. The first-order chi connectivity index (χ1) is 7.63. The van der Waals surface area contributed by atoms with Crippen molar-refractivity contribution in [3.63, 3.8) is 0 Å². The van der Waals surface area contributed by atoms with Gasteiger partial charge in [0, 0.05) is 10.5 Å². The van der Waals surface area contributed by atoms with E-state index in [0.717, 1.165) is 23.9 Å². The van der Waals surface area contributed by atoms with Crippen molar-refractivity contribution in [2.75, 3.05) is 12.0 Å². The van der Waals surface area contributed by atoms with Crippen LogP contribution in [0.2, 0.25) is 0 Å². The molecule has 0 bridgehead atoms. The van der Waals surface area contributed by atoms with E-state index in [1.807, 2.05) is 0 Å². The van der Waals surface area contributed by atoms with Gasteiger partial charge in [0.05, 0.1) is 11.8 Å². The van der Waals surface area contributed by atoms with Crippen LogP contribution < -0.4 is 5.73 Å². The Bertz CT molecular complexity index is 528. The number of nitrogens with zero attached hydrogens (tertiary/aromatic N) is 1. The second kappa shape index (κ2) is 4.13. The molecule has 0 radical (unpaired) electrons. The largest absolute Gasteiger partial charge is 0.367 e. The molecule has 0 amide bonds. The highest BCUT2D eigenvalue weighted by Gasteiger charge is 2.15. The molecule has 0 fully saturated rings. The van der Waals surface area contributed by atoms with Crippen molar-refractivity contribution in [3.05, 3.63) is 30.0 Å². The molecule has 3 nitrogen and oxygen atoms in total. The molecule has 0 aliphatic carbocycles. The van der Waals surface area contributed by atoms with Crippen molar-refractivity contribution < 1.29 is 13.3 Å². The van der Waals surface area contributed by atoms with Crippen molar-refractivity contribution in [3.8, 4) is 11.1 Å². The van der Waals surface area contributed by atoms with Gasteiger partial charge in [-0.1, -0.05) is 5.16 Å². The summed E-state index contributed by atoms with van der Waals surface area (Å²) in [5, 5.41) is 3.42. The zero-order valence-corrected chi connectivity index (χ0v) is 9.15. The molecule has 2 rings (SSSR count). The van der Waals surface area contributed by atoms with Gasteiger partial charge in [0.25, 0.3) is 0 Å². The summed E-state index contributed by atoms with van der Waals surface area (Å²) < 4.78 is 31.7. The Kier molecular flexibility index (Phi) is 2.82. The molecule has 2 aromatic rings. The third kappa shape index (κ3) is 1.76. The molecule has 0 unspecified atom stereocenters. The average Bonchev–Trinajstić information content (AvgIpc) is 2.67. The molecule has 2 N–H and O–H groups in total. The minimum Gasteiger partial charge on any atom is -0.367 e. The van der Waals surface area contributed by atoms with Gasteiger partial charge in [-0.2, -0.15) is 0 Å². The van der Waals surface area contributed by atoms with Gasteiger partial charge in [0.15, 0.2) is 0 Å². The van der Waals surface area contributed by atoms with Gasteiger partial charge in [-0.05, 0) is 18.4 Å². The summed E-state index contributed by atoms with van der Waals surface area (Å²) in [6.07, 6.45) is 2.93. The van der Waals surface area contributed by atoms with Gasteiger partial charge in [-0.25, -0.2) is 8.78 Å². The molecule has 0 spiro atoms. The van der Waals surface area contributed by atoms with Crippen molar-refractivity contribution in [1.29, 1.82) is 0 Å². The standard InChI is InChI=1S/C10H8F2N2OS/c1-16-9-3-7(11)5(2-8(9)12)6-4-14-15-10(6)13/h2-4H,13H2,1H3. The molecule has 16 heavy (non-hydrogen) atoms. The maximum absolute atomic E-state index is 13.7. The topological polar surface area (TPSA) is 52.0 Å². The number of anilines is 1. The highest BCUT2D eigenvalue weighted by molar-refractivity contribution is 7.98. The van der Waals surface area contributed by atoms with E-state index in [0.29, 0.717) is 0 Å². The van der Waals surface area contributed by atoms with Crippen LogP contribution in [-0.4, -0.2) is 11.4 Å². The molecule has 0 aliphatic heterocycles. The summed E-state index contributed by atoms with van der Waals surface area (Å²) in [6, 6.07) is 2.21. The predicted molar refractivity (Wildman–Crippen MR) is 58.0 cm³/mol. The van der Waals surface area contributed by atoms with Crippen molar-refractivity contribution in [2.24, 2.45) is 0 Å². The smallest absolute Gasteiger partial charge is 0.230 e. The second-order valence-corrected chi connectivity index (χ2v) is 3.92. The van der Waals surface area contributed by atoms with Crippen LogP contribution in [0.15, 0.2) is 27.7 Å². The number of hydrogen-bond acceptors (Lipinski definition) is 4. The van der Waals surface area contributed by atoms with Crippen LogP contribution in [0.5, 0.6) is 0 Å². The van der Waals surface area contributed by atoms with Crippen LogP contribution in [0.3, 0.4) is 0 Å². The average molecular weight is 242 g/mol. The van der Waals surface area contributed by atoms with E-state index in [4.69, 9.17) is 5.73 Å². The Balaban J connectivity index is 2.59. The minimum atomic E-state index is -0.555. The molecule has 84 valence electrons. The predicted octanol–water partition coefficient (Wildman–Crippen LogP) is 2.92. The van der Waals surface area contributed by atoms with Gasteiger partial charge in [-0.15, -0.1) is 11.8 Å². The number of hydrogen-bond donors (Lipinski definition) is 1. The summed E-state index contributed by atoms with van der Waals surface area (Å²) >= 11 is 1.13. The van der Waals surface area contributed by atoms with E-state index in [9.17, 15) is 8.78 Å². The van der Waals surface area contributed by atoms with E-state index in [1.54, 1.807) is 6.26 Å². The summed E-state index contributed by atoms with van der Waals surface area (Å²) in [5.41, 5.74) is 5.74. The summed E-state index contributed by atoms with van der Waals surface area (Å²) in [4.78, 5) is 0.247. The van der Waals surface area contributed by atoms with Crippen LogP contribution in [-0.2, 0) is 0 Å². The lowest BCUT2D eigenvalue weighted by atomic mass is 10.1.